The Balaban J connectivity index is 1.31. The number of thiophene rings is 1. The van der Waals surface area contributed by atoms with Crippen molar-refractivity contribution in [1.29, 1.82) is 0 Å². The van der Waals surface area contributed by atoms with Crippen molar-refractivity contribution in [2.24, 2.45) is 0 Å². The van der Waals surface area contributed by atoms with Gasteiger partial charge in [-0.25, -0.2) is 0 Å². The van der Waals surface area contributed by atoms with Crippen LogP contribution in [-0.4, -0.2) is 29.9 Å². The minimum absolute atomic E-state index is 0.105. The minimum atomic E-state index is -0.509. The molecule has 11 heteroatoms. The van der Waals surface area contributed by atoms with Crippen molar-refractivity contribution >= 4 is 73.8 Å². The molecule has 0 radical (unpaired) electrons. The number of fused-ring (bicyclic) bond motifs is 1. The van der Waals surface area contributed by atoms with Gasteiger partial charge in [0.1, 0.15) is 10.6 Å². The summed E-state index contributed by atoms with van der Waals surface area (Å²) in [5.41, 5.74) is 7.30. The number of hydrazine groups is 1. The standard InChI is InChI=1S/C26H21ClN4O4S2/c1-14-4-3-5-16(12-14)23(32)28-17-8-6-15(7-9-17)24(33)30-31-26(36)29-25(34)22-21(27)19-11-10-18(35-2)13-20(19)37-22/h3-13H,1-2H3,(H,28,32)(H,30,33)(H2,29,31,34,36). The average molecular weight is 553 g/mol. The maximum absolute atomic E-state index is 12.7. The lowest BCUT2D eigenvalue weighted by atomic mass is 10.1. The highest BCUT2D eigenvalue weighted by molar-refractivity contribution is 7.80. The summed E-state index contributed by atoms with van der Waals surface area (Å²) < 4.78 is 6.00. The molecule has 188 valence electrons. The fourth-order valence-corrected chi connectivity index (χ4v) is 4.97. The number of ether oxygens (including phenoxy) is 1. The fourth-order valence-electron chi connectivity index (χ4n) is 3.39. The number of halogens is 1. The molecule has 0 aliphatic rings. The molecule has 0 unspecified atom stereocenters. The van der Waals surface area contributed by atoms with Gasteiger partial charge >= 0.3 is 0 Å². The van der Waals surface area contributed by atoms with E-state index in [0.717, 1.165) is 15.6 Å². The molecule has 0 saturated heterocycles. The van der Waals surface area contributed by atoms with Gasteiger partial charge in [0.2, 0.25) is 0 Å². The number of hydrogen-bond acceptors (Lipinski definition) is 6. The van der Waals surface area contributed by atoms with Crippen molar-refractivity contribution < 1.29 is 19.1 Å². The molecule has 37 heavy (non-hydrogen) atoms. The van der Waals surface area contributed by atoms with Gasteiger partial charge in [-0.2, -0.15) is 0 Å². The molecular weight excluding hydrogens is 532 g/mol. The number of anilines is 1. The zero-order chi connectivity index (χ0) is 26.5. The van der Waals surface area contributed by atoms with Gasteiger partial charge in [0, 0.05) is 26.9 Å². The number of hydrogen-bond donors (Lipinski definition) is 4. The Hall–Kier alpha value is -3.99. The molecule has 0 spiro atoms. The van der Waals surface area contributed by atoms with E-state index in [2.05, 4.69) is 21.5 Å². The molecule has 0 bridgehead atoms. The molecule has 4 rings (SSSR count). The van der Waals surface area contributed by atoms with Gasteiger partial charge in [0.15, 0.2) is 5.11 Å². The molecule has 4 N–H and O–H groups in total. The van der Waals surface area contributed by atoms with E-state index in [4.69, 9.17) is 28.6 Å². The van der Waals surface area contributed by atoms with Crippen molar-refractivity contribution in [3.05, 3.63) is 93.3 Å². The number of carbonyl (C=O) groups excluding carboxylic acids is 3. The molecule has 0 atom stereocenters. The first-order valence-electron chi connectivity index (χ1n) is 10.9. The molecule has 3 aromatic carbocycles. The van der Waals surface area contributed by atoms with Crippen molar-refractivity contribution in [2.45, 2.75) is 6.92 Å². The van der Waals surface area contributed by atoms with Crippen LogP contribution < -0.4 is 26.2 Å². The predicted molar refractivity (Wildman–Crippen MR) is 150 cm³/mol. The van der Waals surface area contributed by atoms with Gasteiger partial charge in [-0.15, -0.1) is 11.3 Å². The van der Waals surface area contributed by atoms with Gasteiger partial charge in [-0.3, -0.25) is 30.6 Å². The Labute approximate surface area is 226 Å². The number of nitrogens with one attached hydrogen (secondary N) is 4. The van der Waals surface area contributed by atoms with Gasteiger partial charge in [-0.1, -0.05) is 29.3 Å². The number of carbonyl (C=O) groups is 3. The summed E-state index contributed by atoms with van der Waals surface area (Å²) in [5, 5.41) is 6.21. The Morgan fingerprint density at radius 2 is 1.65 bits per heavy atom. The van der Waals surface area contributed by atoms with E-state index < -0.39 is 11.8 Å². The van der Waals surface area contributed by atoms with Crippen molar-refractivity contribution in [2.75, 3.05) is 12.4 Å². The lowest BCUT2D eigenvalue weighted by Gasteiger charge is -2.11. The van der Waals surface area contributed by atoms with Crippen LogP contribution in [0.1, 0.15) is 36.0 Å². The zero-order valence-corrected chi connectivity index (χ0v) is 22.1. The first-order chi connectivity index (χ1) is 17.7. The second-order valence-electron chi connectivity index (χ2n) is 7.87. The van der Waals surface area contributed by atoms with E-state index in [1.165, 1.54) is 11.3 Å². The maximum atomic E-state index is 12.7. The lowest BCUT2D eigenvalue weighted by molar-refractivity contribution is 0.0935. The smallest absolute Gasteiger partial charge is 0.269 e. The lowest BCUT2D eigenvalue weighted by Crippen LogP contribution is -2.48. The highest BCUT2D eigenvalue weighted by Crippen LogP contribution is 2.37. The molecule has 1 heterocycles. The van der Waals surface area contributed by atoms with E-state index in [9.17, 15) is 14.4 Å². The number of thiocarbonyl (C=S) groups is 1. The summed E-state index contributed by atoms with van der Waals surface area (Å²) in [4.78, 5) is 37.8. The van der Waals surface area contributed by atoms with Crippen LogP contribution in [0.4, 0.5) is 5.69 Å². The molecule has 0 saturated carbocycles. The minimum Gasteiger partial charge on any atom is -0.497 e. The topological polar surface area (TPSA) is 109 Å². The number of methoxy groups -OCH3 is 1. The van der Waals surface area contributed by atoms with Gasteiger partial charge in [0.05, 0.1) is 12.1 Å². The summed E-state index contributed by atoms with van der Waals surface area (Å²) in [7, 11) is 1.56. The third-order valence-corrected chi connectivity index (χ3v) is 7.10. The first kappa shape index (κ1) is 26.1. The predicted octanol–water partition coefficient (Wildman–Crippen LogP) is 5.07. The monoisotopic (exact) mass is 552 g/mol. The number of aryl methyl sites for hydroxylation is 1. The Morgan fingerprint density at radius 3 is 2.35 bits per heavy atom. The van der Waals surface area contributed by atoms with Crippen molar-refractivity contribution in [3.63, 3.8) is 0 Å². The van der Waals surface area contributed by atoms with Crippen LogP contribution in [-0.2, 0) is 0 Å². The highest BCUT2D eigenvalue weighted by Gasteiger charge is 2.19. The van der Waals surface area contributed by atoms with Crippen molar-refractivity contribution in [3.8, 4) is 5.75 Å². The summed E-state index contributed by atoms with van der Waals surface area (Å²) in [6.07, 6.45) is 0. The van der Waals surface area contributed by atoms with E-state index in [0.29, 0.717) is 27.6 Å². The van der Waals surface area contributed by atoms with Crippen LogP contribution in [0.5, 0.6) is 5.75 Å². The van der Waals surface area contributed by atoms with E-state index in [1.54, 1.807) is 61.7 Å². The summed E-state index contributed by atoms with van der Waals surface area (Å²) in [6, 6.07) is 18.9. The highest BCUT2D eigenvalue weighted by atomic mass is 35.5. The van der Waals surface area contributed by atoms with Crippen LogP contribution >= 0.6 is 35.2 Å². The molecule has 3 amide bonds. The third kappa shape index (κ3) is 6.23. The number of amides is 3. The summed E-state index contributed by atoms with van der Waals surface area (Å²) >= 11 is 12.7. The second-order valence-corrected chi connectivity index (χ2v) is 9.71. The molecule has 1 aromatic heterocycles. The van der Waals surface area contributed by atoms with Crippen molar-refractivity contribution in [1.82, 2.24) is 16.2 Å². The van der Waals surface area contributed by atoms with E-state index >= 15 is 0 Å². The summed E-state index contributed by atoms with van der Waals surface area (Å²) in [5.74, 6) is -0.591. The van der Waals surface area contributed by atoms with E-state index in [1.807, 2.05) is 19.1 Å². The van der Waals surface area contributed by atoms with Crippen LogP contribution in [0.15, 0.2) is 66.7 Å². The quantitative estimate of drug-likeness (QED) is 0.203. The molecule has 8 nitrogen and oxygen atoms in total. The average Bonchev–Trinajstić information content (AvgIpc) is 3.23. The Bertz CT molecular complexity index is 1520. The molecule has 4 aromatic rings. The number of benzene rings is 3. The number of rotatable bonds is 5. The third-order valence-electron chi connectivity index (χ3n) is 5.24. The SMILES string of the molecule is COc1ccc2c(Cl)c(C(=O)NC(=S)NNC(=O)c3ccc(NC(=O)c4cccc(C)c4)cc3)sc2c1. The molecular formula is C26H21ClN4O4S2. The normalized spacial score (nSPS) is 10.5. The Morgan fingerprint density at radius 1 is 0.892 bits per heavy atom. The Kier molecular flexibility index (Phi) is 8.02. The fraction of sp³-hybridized carbons (Fsp3) is 0.0769. The van der Waals surface area contributed by atoms with Crippen LogP contribution in [0.25, 0.3) is 10.1 Å². The van der Waals surface area contributed by atoms with Gasteiger partial charge in [-0.05, 0) is 73.7 Å². The molecule has 0 aliphatic carbocycles. The first-order valence-corrected chi connectivity index (χ1v) is 12.5. The van der Waals surface area contributed by atoms with Gasteiger partial charge in [0.25, 0.3) is 17.7 Å². The zero-order valence-electron chi connectivity index (χ0n) is 19.7. The van der Waals surface area contributed by atoms with Crippen LogP contribution in [0.3, 0.4) is 0 Å². The summed E-state index contributed by atoms with van der Waals surface area (Å²) in [6.45, 7) is 1.91. The largest absolute Gasteiger partial charge is 0.497 e. The van der Waals surface area contributed by atoms with Crippen LogP contribution in [0.2, 0.25) is 5.02 Å². The van der Waals surface area contributed by atoms with E-state index in [-0.39, 0.29) is 15.9 Å². The maximum Gasteiger partial charge on any atom is 0.269 e. The molecule has 0 fully saturated rings. The second kappa shape index (κ2) is 11.4. The molecule has 0 aliphatic heterocycles. The van der Waals surface area contributed by atoms with Crippen LogP contribution in [0, 0.1) is 6.92 Å². The van der Waals surface area contributed by atoms with Gasteiger partial charge < -0.3 is 10.1 Å².